The highest BCUT2D eigenvalue weighted by Crippen LogP contribution is 2.35. The summed E-state index contributed by atoms with van der Waals surface area (Å²) in [6.45, 7) is -0.234. The lowest BCUT2D eigenvalue weighted by Gasteiger charge is -2.41. The van der Waals surface area contributed by atoms with Crippen LogP contribution in [0.2, 0.25) is 0 Å². The number of nitrogens with one attached hydrogen (secondary N) is 1. The Balaban J connectivity index is 1.53. The number of amides is 2. The first-order valence-electron chi connectivity index (χ1n) is 14.0. The first kappa shape index (κ1) is 32.7. The summed E-state index contributed by atoms with van der Waals surface area (Å²) in [5.41, 5.74) is 2.12. The number of carbonyl (C=O) groups is 2. The first-order chi connectivity index (χ1) is 22.5. The molecule has 14 nitrogen and oxygen atoms in total. The molecule has 1 saturated heterocycles. The number of piperazine rings is 1. The minimum absolute atomic E-state index is 0.000810. The van der Waals surface area contributed by atoms with Crippen molar-refractivity contribution in [2.45, 2.75) is 6.04 Å². The third kappa shape index (κ3) is 7.43. The molecule has 2 aromatic carbocycles. The molecule has 0 radical (unpaired) electrons. The van der Waals surface area contributed by atoms with E-state index in [-0.39, 0.29) is 42.5 Å². The maximum absolute atomic E-state index is 14.7. The van der Waals surface area contributed by atoms with Crippen molar-refractivity contribution >= 4 is 33.5 Å². The molecule has 1 fully saturated rings. The Labute approximate surface area is 269 Å². The summed E-state index contributed by atoms with van der Waals surface area (Å²) in [7, 11) is -2.49. The van der Waals surface area contributed by atoms with Crippen LogP contribution in [-0.2, 0) is 14.3 Å². The van der Waals surface area contributed by atoms with Gasteiger partial charge in [0.25, 0.3) is 16.0 Å². The lowest BCUT2D eigenvalue weighted by Crippen LogP contribution is -2.57. The molecule has 1 atom stereocenters. The summed E-state index contributed by atoms with van der Waals surface area (Å²) in [5, 5.41) is 22.3. The Bertz CT molecular complexity index is 1990. The van der Waals surface area contributed by atoms with Gasteiger partial charge in [0.1, 0.15) is 17.3 Å². The van der Waals surface area contributed by atoms with E-state index in [4.69, 9.17) is 8.92 Å². The number of anilines is 2. The number of benzene rings is 2. The lowest BCUT2D eigenvalue weighted by atomic mass is 10.0. The van der Waals surface area contributed by atoms with Crippen molar-refractivity contribution in [3.63, 3.8) is 0 Å². The van der Waals surface area contributed by atoms with Gasteiger partial charge in [0.2, 0.25) is 0 Å². The van der Waals surface area contributed by atoms with Crippen LogP contribution < -0.4 is 15.0 Å². The fourth-order valence-electron chi connectivity index (χ4n) is 5.14. The molecule has 2 N–H and O–H groups in total. The van der Waals surface area contributed by atoms with Crippen LogP contribution in [0, 0.1) is 17.1 Å². The highest BCUT2D eigenvalue weighted by Gasteiger charge is 2.33. The van der Waals surface area contributed by atoms with Crippen LogP contribution in [0.1, 0.15) is 16.1 Å². The van der Waals surface area contributed by atoms with E-state index in [0.717, 1.165) is 11.2 Å². The van der Waals surface area contributed by atoms with Crippen molar-refractivity contribution in [3.8, 4) is 34.3 Å². The summed E-state index contributed by atoms with van der Waals surface area (Å²) in [6.07, 6.45) is 3.96. The van der Waals surface area contributed by atoms with Gasteiger partial charge in [-0.3, -0.25) is 18.9 Å². The molecule has 47 heavy (non-hydrogen) atoms. The zero-order chi connectivity index (χ0) is 33.7. The Hall–Kier alpha value is -5.66. The van der Waals surface area contributed by atoms with Crippen molar-refractivity contribution < 1.29 is 36.4 Å². The molecule has 4 aromatic rings. The molecule has 0 spiro atoms. The van der Waals surface area contributed by atoms with Gasteiger partial charge in [-0.15, -0.1) is 0 Å². The monoisotopic (exact) mass is 661 g/mol. The molecule has 0 bridgehead atoms. The number of hydrogen-bond donors (Lipinski definition) is 2. The molecule has 5 rings (SSSR count). The number of ether oxygens (including phenoxy) is 1. The molecule has 0 aliphatic carbocycles. The quantitative estimate of drug-likeness (QED) is 0.248. The average Bonchev–Trinajstić information content (AvgIpc) is 3.06. The van der Waals surface area contributed by atoms with Gasteiger partial charge in [-0.2, -0.15) is 13.7 Å². The van der Waals surface area contributed by atoms with E-state index in [2.05, 4.69) is 26.3 Å². The molecule has 3 heterocycles. The molecular weight excluding hydrogens is 633 g/mol. The van der Waals surface area contributed by atoms with Gasteiger partial charge in [0.05, 0.1) is 54.6 Å². The largest absolute Gasteiger partial charge is 0.496 e. The van der Waals surface area contributed by atoms with E-state index in [0.29, 0.717) is 28.1 Å². The van der Waals surface area contributed by atoms with Crippen molar-refractivity contribution in [2.75, 3.05) is 49.8 Å². The molecule has 1 aliphatic heterocycles. The van der Waals surface area contributed by atoms with Crippen LogP contribution >= 0.6 is 0 Å². The van der Waals surface area contributed by atoms with Gasteiger partial charge in [-0.1, -0.05) is 12.1 Å². The minimum atomic E-state index is -3.87. The lowest BCUT2D eigenvalue weighted by molar-refractivity contribution is 0.0980. The number of aromatic nitrogens is 3. The number of halogens is 1. The molecule has 2 amide bonds. The van der Waals surface area contributed by atoms with Crippen LogP contribution in [0.4, 0.5) is 20.6 Å². The van der Waals surface area contributed by atoms with Gasteiger partial charge in [0, 0.05) is 43.8 Å². The number of carboxylic acid groups (broad SMARTS) is 1. The van der Waals surface area contributed by atoms with Crippen molar-refractivity contribution in [2.24, 2.45) is 0 Å². The molecule has 242 valence electrons. The van der Waals surface area contributed by atoms with E-state index in [1.54, 1.807) is 35.2 Å². The second-order valence-corrected chi connectivity index (χ2v) is 12.0. The van der Waals surface area contributed by atoms with Gasteiger partial charge >= 0.3 is 6.09 Å². The summed E-state index contributed by atoms with van der Waals surface area (Å²) in [4.78, 5) is 41.0. The van der Waals surface area contributed by atoms with Crippen molar-refractivity contribution in [1.82, 2.24) is 19.9 Å². The zero-order valence-corrected chi connectivity index (χ0v) is 25.9. The second-order valence-electron chi connectivity index (χ2n) is 10.4. The topological polar surface area (TPSA) is 188 Å². The third-order valence-electron chi connectivity index (χ3n) is 7.35. The molecule has 1 aliphatic rings. The minimum Gasteiger partial charge on any atom is -0.496 e. The first-order valence-corrected chi connectivity index (χ1v) is 15.9. The SMILES string of the molecule is COc1cccc(F)c1-c1nccc(C(=O)Nc2ccc(-c3cnccc3C#N)cc2N2CCN(C(=O)O)C(COS(C)(=O)=O)C2)n1. The Morgan fingerprint density at radius 1 is 1.17 bits per heavy atom. The Morgan fingerprint density at radius 3 is 2.70 bits per heavy atom. The molecule has 16 heteroatoms. The molecule has 1 unspecified atom stereocenters. The highest BCUT2D eigenvalue weighted by atomic mass is 32.2. The summed E-state index contributed by atoms with van der Waals surface area (Å²) < 4.78 is 48.4. The van der Waals surface area contributed by atoms with Crippen LogP contribution in [-0.4, -0.2) is 91.0 Å². The fourth-order valence-corrected chi connectivity index (χ4v) is 5.55. The van der Waals surface area contributed by atoms with Gasteiger partial charge in [-0.05, 0) is 42.0 Å². The third-order valence-corrected chi connectivity index (χ3v) is 7.91. The standard InChI is InChI=1S/C31H28FN7O7S/c1-45-27-5-3-4-23(32)28(27)29-35-11-9-25(36-29)30(40)37-24-7-6-19(22-16-34-10-8-20(22)15-33)14-26(24)38-12-13-39(31(41)42)21(17-38)18-46-47(2,43)44/h3-11,14,16,21H,12-13,17-18H2,1-2H3,(H,37,40)(H,41,42). The van der Waals surface area contributed by atoms with E-state index in [1.165, 1.54) is 43.9 Å². The van der Waals surface area contributed by atoms with Gasteiger partial charge < -0.3 is 20.1 Å². The Morgan fingerprint density at radius 2 is 1.98 bits per heavy atom. The van der Waals surface area contributed by atoms with Crippen LogP contribution in [0.15, 0.2) is 67.1 Å². The van der Waals surface area contributed by atoms with Crippen molar-refractivity contribution in [3.05, 3.63) is 84.2 Å². The Kier molecular flexibility index (Phi) is 9.59. The van der Waals surface area contributed by atoms with Gasteiger partial charge in [0.15, 0.2) is 5.82 Å². The molecule has 0 saturated carbocycles. The summed E-state index contributed by atoms with van der Waals surface area (Å²) in [6, 6.07) is 13.4. The highest BCUT2D eigenvalue weighted by molar-refractivity contribution is 7.85. The summed E-state index contributed by atoms with van der Waals surface area (Å²) >= 11 is 0. The van der Waals surface area contributed by atoms with Crippen LogP contribution in [0.3, 0.4) is 0 Å². The average molecular weight is 662 g/mol. The smallest absolute Gasteiger partial charge is 0.407 e. The van der Waals surface area contributed by atoms with Crippen molar-refractivity contribution in [1.29, 1.82) is 5.26 Å². The predicted molar refractivity (Wildman–Crippen MR) is 168 cm³/mol. The number of nitrogens with zero attached hydrogens (tertiary/aromatic N) is 6. The van der Waals surface area contributed by atoms with Crippen LogP contribution in [0.5, 0.6) is 5.75 Å². The maximum Gasteiger partial charge on any atom is 0.407 e. The molecular formula is C31H28FN7O7S. The number of nitriles is 1. The van der Waals surface area contributed by atoms with E-state index in [1.807, 2.05) is 0 Å². The number of rotatable bonds is 9. The normalized spacial score (nSPS) is 14.7. The predicted octanol–water partition coefficient (Wildman–Crippen LogP) is 3.62. The van der Waals surface area contributed by atoms with Gasteiger partial charge in [-0.25, -0.2) is 19.2 Å². The second kappa shape index (κ2) is 13.8. The number of carbonyl (C=O) groups excluding carboxylic acids is 1. The van der Waals surface area contributed by atoms with Crippen LogP contribution in [0.25, 0.3) is 22.5 Å². The number of methoxy groups -OCH3 is 1. The summed E-state index contributed by atoms with van der Waals surface area (Å²) in [5.74, 6) is -1.18. The van der Waals surface area contributed by atoms with E-state index in [9.17, 15) is 32.8 Å². The van der Waals surface area contributed by atoms with E-state index >= 15 is 0 Å². The zero-order valence-electron chi connectivity index (χ0n) is 25.1. The molecule has 2 aromatic heterocycles. The maximum atomic E-state index is 14.7. The van der Waals surface area contributed by atoms with E-state index < -0.39 is 40.6 Å². The number of hydrogen-bond acceptors (Lipinski definition) is 11. The number of pyridine rings is 1. The fraction of sp³-hybridized carbons (Fsp3) is 0.226.